The zero-order valence-corrected chi connectivity index (χ0v) is 22.2. The number of amides is 1. The van der Waals surface area contributed by atoms with Gasteiger partial charge in [0, 0.05) is 6.42 Å². The second-order valence-corrected chi connectivity index (χ2v) is 10.6. The van der Waals surface area contributed by atoms with Crippen LogP contribution in [0.3, 0.4) is 0 Å². The molecule has 4 heterocycles. The molecule has 1 amide bonds. The fraction of sp³-hybridized carbons (Fsp3) is 0.148. The molecule has 0 spiro atoms. The zero-order chi connectivity index (χ0) is 26.9. The summed E-state index contributed by atoms with van der Waals surface area (Å²) in [7, 11) is 1.61. The van der Waals surface area contributed by atoms with Crippen molar-refractivity contribution in [3.05, 3.63) is 98.9 Å². The predicted octanol–water partition coefficient (Wildman–Crippen LogP) is 4.79. The van der Waals surface area contributed by atoms with Crippen LogP contribution in [-0.2, 0) is 4.79 Å². The van der Waals surface area contributed by atoms with Crippen molar-refractivity contribution in [2.45, 2.75) is 17.6 Å². The van der Waals surface area contributed by atoms with Crippen molar-refractivity contribution in [3.63, 3.8) is 0 Å². The lowest BCUT2D eigenvalue weighted by Gasteiger charge is -2.22. The van der Waals surface area contributed by atoms with E-state index in [0.29, 0.717) is 23.1 Å². The number of thioether (sulfide) groups is 1. The Balaban J connectivity index is 1.26. The average molecular weight is 561 g/mol. The number of thiophene rings is 1. The maximum atomic E-state index is 13.5. The quantitative estimate of drug-likeness (QED) is 0.227. The van der Waals surface area contributed by atoms with E-state index in [9.17, 15) is 14.0 Å². The highest BCUT2D eigenvalue weighted by Crippen LogP contribution is 2.35. The first-order valence-electron chi connectivity index (χ1n) is 11.9. The summed E-state index contributed by atoms with van der Waals surface area (Å²) < 4.78 is 20.1. The number of rotatable bonds is 7. The van der Waals surface area contributed by atoms with Gasteiger partial charge in [-0.3, -0.25) is 9.59 Å². The van der Waals surface area contributed by atoms with Gasteiger partial charge in [-0.15, -0.1) is 11.3 Å². The Labute approximate surface area is 230 Å². The van der Waals surface area contributed by atoms with Crippen LogP contribution in [-0.4, -0.2) is 49.2 Å². The molecule has 0 aliphatic carbocycles. The predicted molar refractivity (Wildman–Crippen MR) is 148 cm³/mol. The minimum absolute atomic E-state index is 0.00695. The van der Waals surface area contributed by atoms with Crippen LogP contribution in [0, 0.1) is 5.82 Å². The van der Waals surface area contributed by atoms with Gasteiger partial charge >= 0.3 is 0 Å². The Morgan fingerprint density at radius 2 is 1.97 bits per heavy atom. The Hall–Kier alpha value is -4.29. The fourth-order valence-electron chi connectivity index (χ4n) is 4.35. The molecular formula is C27H21FN6O3S2. The van der Waals surface area contributed by atoms with Crippen molar-refractivity contribution in [3.8, 4) is 11.4 Å². The second-order valence-electron chi connectivity index (χ2n) is 8.69. The van der Waals surface area contributed by atoms with E-state index in [2.05, 4.69) is 15.1 Å². The Morgan fingerprint density at radius 3 is 2.69 bits per heavy atom. The fourth-order valence-corrected chi connectivity index (χ4v) is 5.78. The van der Waals surface area contributed by atoms with Crippen molar-refractivity contribution in [2.24, 2.45) is 5.10 Å². The van der Waals surface area contributed by atoms with E-state index >= 15 is 0 Å². The number of hydrogen-bond acceptors (Lipinski definition) is 8. The molecule has 1 aliphatic rings. The van der Waals surface area contributed by atoms with Crippen LogP contribution in [0.1, 0.15) is 22.9 Å². The SMILES string of the molecule is COc1ccc([C@H]2CC(c3cccs3)=NN2C(=O)CSc2nc3c(cnn3-c3ccc(F)cc3)c(=O)[nH]2)cc1. The van der Waals surface area contributed by atoms with E-state index in [1.165, 1.54) is 28.0 Å². The number of carbonyl (C=O) groups is 1. The molecule has 0 radical (unpaired) electrons. The van der Waals surface area contributed by atoms with Gasteiger partial charge in [-0.25, -0.2) is 19.1 Å². The summed E-state index contributed by atoms with van der Waals surface area (Å²) in [5, 5.41) is 13.0. The molecule has 0 unspecified atom stereocenters. The van der Waals surface area contributed by atoms with E-state index in [0.717, 1.165) is 33.7 Å². The zero-order valence-electron chi connectivity index (χ0n) is 20.6. The summed E-state index contributed by atoms with van der Waals surface area (Å²) >= 11 is 2.69. The molecule has 3 aromatic heterocycles. The number of H-pyrrole nitrogens is 1. The highest BCUT2D eigenvalue weighted by atomic mass is 32.2. The Kier molecular flexibility index (Phi) is 6.71. The number of aromatic nitrogens is 4. The van der Waals surface area contributed by atoms with Crippen LogP contribution in [0.4, 0.5) is 4.39 Å². The number of fused-ring (bicyclic) bond motifs is 1. The van der Waals surface area contributed by atoms with Gasteiger partial charge in [-0.1, -0.05) is 30.0 Å². The lowest BCUT2D eigenvalue weighted by Crippen LogP contribution is -2.28. The van der Waals surface area contributed by atoms with E-state index in [-0.39, 0.29) is 34.2 Å². The van der Waals surface area contributed by atoms with Gasteiger partial charge in [0.2, 0.25) is 0 Å². The molecule has 1 N–H and O–H groups in total. The smallest absolute Gasteiger partial charge is 0.262 e. The minimum atomic E-state index is -0.379. The highest BCUT2D eigenvalue weighted by Gasteiger charge is 2.33. The number of carbonyl (C=O) groups excluding carboxylic acids is 1. The van der Waals surface area contributed by atoms with E-state index in [1.807, 2.05) is 41.8 Å². The number of ether oxygens (including phenoxy) is 1. The summed E-state index contributed by atoms with van der Waals surface area (Å²) in [5.41, 5.74) is 2.29. The molecule has 196 valence electrons. The summed E-state index contributed by atoms with van der Waals surface area (Å²) in [6.07, 6.45) is 2.00. The lowest BCUT2D eigenvalue weighted by molar-refractivity contribution is -0.130. The second kappa shape index (κ2) is 10.5. The summed E-state index contributed by atoms with van der Waals surface area (Å²) in [4.78, 5) is 34.5. The number of nitrogens with zero attached hydrogens (tertiary/aromatic N) is 5. The third-order valence-corrected chi connectivity index (χ3v) is 8.07. The van der Waals surface area contributed by atoms with Gasteiger partial charge in [0.05, 0.1) is 41.4 Å². The Morgan fingerprint density at radius 1 is 1.18 bits per heavy atom. The number of hydrazone groups is 1. The van der Waals surface area contributed by atoms with Gasteiger partial charge in [-0.05, 0) is 53.4 Å². The molecule has 0 saturated carbocycles. The normalized spacial score (nSPS) is 15.1. The maximum Gasteiger partial charge on any atom is 0.262 e. The van der Waals surface area contributed by atoms with E-state index in [1.54, 1.807) is 30.6 Å². The summed E-state index contributed by atoms with van der Waals surface area (Å²) in [6, 6.07) is 17.0. The van der Waals surface area contributed by atoms with Gasteiger partial charge in [0.25, 0.3) is 11.5 Å². The molecule has 12 heteroatoms. The first kappa shape index (κ1) is 25.0. The van der Waals surface area contributed by atoms with Crippen LogP contribution in [0.5, 0.6) is 5.75 Å². The van der Waals surface area contributed by atoms with Crippen molar-refractivity contribution < 1.29 is 13.9 Å². The molecule has 39 heavy (non-hydrogen) atoms. The average Bonchev–Trinajstić information content (AvgIpc) is 3.72. The van der Waals surface area contributed by atoms with Crippen molar-refractivity contribution in [1.29, 1.82) is 0 Å². The standard InChI is InChI=1S/C27H21FN6O3S2/c1-37-19-10-4-16(5-11-19)22-13-21(23-3-2-12-38-23)32-34(22)24(35)15-39-27-30-25-20(26(36)31-27)14-29-33(25)18-8-6-17(28)7-9-18/h2-12,14,22H,13,15H2,1H3,(H,30,31,36)/t22-/m1/s1. The molecule has 0 fully saturated rings. The van der Waals surface area contributed by atoms with Gasteiger partial charge in [-0.2, -0.15) is 10.2 Å². The number of benzene rings is 2. The van der Waals surface area contributed by atoms with Crippen LogP contribution >= 0.6 is 23.1 Å². The first-order valence-corrected chi connectivity index (χ1v) is 13.8. The summed E-state index contributed by atoms with van der Waals surface area (Å²) in [5.74, 6) is 0.139. The molecule has 1 aliphatic heterocycles. The number of methoxy groups -OCH3 is 1. The number of aromatic amines is 1. The third-order valence-electron chi connectivity index (χ3n) is 6.29. The van der Waals surface area contributed by atoms with Crippen LogP contribution in [0.2, 0.25) is 0 Å². The molecule has 1 atom stereocenters. The minimum Gasteiger partial charge on any atom is -0.497 e. The number of nitrogens with one attached hydrogen (secondary N) is 1. The monoisotopic (exact) mass is 560 g/mol. The molecule has 9 nitrogen and oxygen atoms in total. The van der Waals surface area contributed by atoms with E-state index < -0.39 is 0 Å². The Bertz CT molecular complexity index is 1730. The topological polar surface area (TPSA) is 105 Å². The molecule has 0 saturated heterocycles. The van der Waals surface area contributed by atoms with Crippen molar-refractivity contribution in [1.82, 2.24) is 24.8 Å². The largest absolute Gasteiger partial charge is 0.497 e. The van der Waals surface area contributed by atoms with Gasteiger partial charge < -0.3 is 9.72 Å². The molecule has 0 bridgehead atoms. The van der Waals surface area contributed by atoms with Gasteiger partial charge in [0.15, 0.2) is 10.8 Å². The molecule has 6 rings (SSSR count). The molecular weight excluding hydrogens is 539 g/mol. The summed E-state index contributed by atoms with van der Waals surface area (Å²) in [6.45, 7) is 0. The number of hydrogen-bond donors (Lipinski definition) is 1. The van der Waals surface area contributed by atoms with Crippen molar-refractivity contribution in [2.75, 3.05) is 12.9 Å². The first-order chi connectivity index (χ1) is 19.0. The lowest BCUT2D eigenvalue weighted by atomic mass is 10.0. The maximum absolute atomic E-state index is 13.5. The third kappa shape index (κ3) is 4.95. The van der Waals surface area contributed by atoms with Crippen LogP contribution < -0.4 is 10.3 Å². The number of halogens is 1. The highest BCUT2D eigenvalue weighted by molar-refractivity contribution is 7.99. The van der Waals surface area contributed by atoms with E-state index in [4.69, 9.17) is 9.84 Å². The van der Waals surface area contributed by atoms with Gasteiger partial charge in [0.1, 0.15) is 17.0 Å². The molecule has 5 aromatic rings. The molecule has 2 aromatic carbocycles. The van der Waals surface area contributed by atoms with Crippen molar-refractivity contribution >= 4 is 45.8 Å². The van der Waals surface area contributed by atoms with Crippen LogP contribution in [0.25, 0.3) is 16.7 Å². The van der Waals surface area contributed by atoms with Crippen LogP contribution in [0.15, 0.2) is 87.3 Å².